The smallest absolute Gasteiger partial charge is 0.0146 e. The zero-order valence-corrected chi connectivity index (χ0v) is 30.5. The highest BCUT2D eigenvalue weighted by atomic mass is 14.3. The molecule has 0 aromatic rings. The van der Waals surface area contributed by atoms with E-state index in [-0.39, 0.29) is 0 Å². The Hall–Kier alpha value is -1.22. The lowest BCUT2D eigenvalue weighted by molar-refractivity contribution is 0.677. The van der Waals surface area contributed by atoms with Crippen LogP contribution in [-0.4, -0.2) is 0 Å². The van der Waals surface area contributed by atoms with Gasteiger partial charge in [0.25, 0.3) is 0 Å². The third kappa shape index (κ3) is 26.8. The first kappa shape index (κ1) is 42.2. The minimum absolute atomic E-state index is 0.525. The van der Waals surface area contributed by atoms with Crippen LogP contribution in [0.15, 0.2) is 34.4 Å². The summed E-state index contributed by atoms with van der Waals surface area (Å²) in [4.78, 5) is 0. The number of hydrogen-bond acceptors (Lipinski definition) is 0. The SMILES string of the molecule is C/C(=C(/C)C(C)C)C(C)C.CC(C)/C=C(/C(C)C)C1CC1.CC(C)C#CC(C)C.CC/C(=C\C(C)C)C(C)C. The van der Waals surface area contributed by atoms with Gasteiger partial charge in [0.15, 0.2) is 0 Å². The Bertz CT molecular complexity index is 712. The molecule has 1 aliphatic carbocycles. The van der Waals surface area contributed by atoms with E-state index in [1.807, 2.05) is 0 Å². The molecule has 0 spiro atoms. The molecule has 39 heavy (non-hydrogen) atoms. The second kappa shape index (κ2) is 23.5. The molecule has 0 unspecified atom stereocenters. The first-order valence-corrected chi connectivity index (χ1v) is 16.4. The average molecular weight is 543 g/mol. The predicted molar refractivity (Wildman–Crippen MR) is 184 cm³/mol. The van der Waals surface area contributed by atoms with Gasteiger partial charge in [-0.25, -0.2) is 0 Å². The topological polar surface area (TPSA) is 0 Å². The molecule has 0 aromatic heterocycles. The van der Waals surface area contributed by atoms with Gasteiger partial charge in [-0.3, -0.25) is 0 Å². The summed E-state index contributed by atoms with van der Waals surface area (Å²) >= 11 is 0. The zero-order valence-electron chi connectivity index (χ0n) is 30.5. The fraction of sp³-hybridized carbons (Fsp3) is 0.795. The lowest BCUT2D eigenvalue weighted by atomic mass is 9.93. The second-order valence-corrected chi connectivity index (χ2v) is 14.1. The Morgan fingerprint density at radius 2 is 0.923 bits per heavy atom. The summed E-state index contributed by atoms with van der Waals surface area (Å²) < 4.78 is 0. The van der Waals surface area contributed by atoms with Gasteiger partial charge in [0.05, 0.1) is 0 Å². The van der Waals surface area contributed by atoms with Gasteiger partial charge in [-0.1, -0.05) is 152 Å². The van der Waals surface area contributed by atoms with Gasteiger partial charge in [-0.15, -0.1) is 11.8 Å². The Morgan fingerprint density at radius 3 is 1.08 bits per heavy atom. The number of rotatable bonds is 8. The molecule has 0 N–H and O–H groups in total. The van der Waals surface area contributed by atoms with Gasteiger partial charge in [0, 0.05) is 11.8 Å². The van der Waals surface area contributed by atoms with Gasteiger partial charge in [0.2, 0.25) is 0 Å². The maximum Gasteiger partial charge on any atom is 0.0146 e. The molecular formula is C39H74. The van der Waals surface area contributed by atoms with Crippen molar-refractivity contribution in [2.45, 2.75) is 151 Å². The minimum Gasteiger partial charge on any atom is -0.100 e. The van der Waals surface area contributed by atoms with Crippen LogP contribution in [0, 0.1) is 65.1 Å². The molecule has 1 fully saturated rings. The molecule has 0 atom stereocenters. The summed E-state index contributed by atoms with van der Waals surface area (Å²) in [6.07, 6.45) is 8.93. The summed E-state index contributed by atoms with van der Waals surface area (Å²) in [6.45, 7) is 42.3. The third-order valence-corrected chi connectivity index (χ3v) is 6.95. The van der Waals surface area contributed by atoms with Crippen molar-refractivity contribution in [1.82, 2.24) is 0 Å². The van der Waals surface area contributed by atoms with E-state index in [4.69, 9.17) is 0 Å². The fourth-order valence-corrected chi connectivity index (χ4v) is 3.99. The van der Waals surface area contributed by atoms with Crippen LogP contribution in [0.4, 0.5) is 0 Å². The molecule has 0 amide bonds. The van der Waals surface area contributed by atoms with Crippen LogP contribution in [0.5, 0.6) is 0 Å². The molecular weight excluding hydrogens is 468 g/mol. The number of allylic oxidation sites excluding steroid dienone is 6. The molecule has 0 saturated heterocycles. The average Bonchev–Trinajstić information content (AvgIpc) is 3.64. The van der Waals surface area contributed by atoms with Crippen LogP contribution >= 0.6 is 0 Å². The molecule has 0 aromatic carbocycles. The summed E-state index contributed by atoms with van der Waals surface area (Å²) in [5.74, 6) is 12.6. The molecule has 1 rings (SSSR count). The molecule has 0 heteroatoms. The van der Waals surface area contributed by atoms with Crippen molar-refractivity contribution in [1.29, 1.82) is 0 Å². The Labute approximate surface area is 250 Å². The van der Waals surface area contributed by atoms with Crippen LogP contribution in [0.1, 0.15) is 151 Å². The Morgan fingerprint density at radius 1 is 0.564 bits per heavy atom. The highest BCUT2D eigenvalue weighted by Gasteiger charge is 2.27. The highest BCUT2D eigenvalue weighted by Crippen LogP contribution is 2.40. The molecule has 0 aliphatic heterocycles. The maximum atomic E-state index is 3.09. The summed E-state index contributed by atoms with van der Waals surface area (Å²) in [7, 11) is 0. The van der Waals surface area contributed by atoms with Gasteiger partial charge < -0.3 is 0 Å². The van der Waals surface area contributed by atoms with Crippen molar-refractivity contribution in [3.05, 3.63) is 34.4 Å². The molecule has 0 nitrogen and oxygen atoms in total. The molecule has 0 radical (unpaired) electrons. The fourth-order valence-electron chi connectivity index (χ4n) is 3.99. The summed E-state index contributed by atoms with van der Waals surface area (Å²) in [5, 5.41) is 0. The molecule has 1 aliphatic rings. The minimum atomic E-state index is 0.525. The Balaban J connectivity index is -0.000000446. The van der Waals surface area contributed by atoms with Crippen molar-refractivity contribution in [3.63, 3.8) is 0 Å². The first-order chi connectivity index (χ1) is 17.8. The van der Waals surface area contributed by atoms with Gasteiger partial charge in [-0.05, 0) is 74.5 Å². The first-order valence-electron chi connectivity index (χ1n) is 16.4. The zero-order chi connectivity index (χ0) is 31.5. The molecule has 1 saturated carbocycles. The lowest BCUT2D eigenvalue weighted by Gasteiger charge is -2.13. The van der Waals surface area contributed by atoms with Crippen LogP contribution in [0.25, 0.3) is 0 Å². The van der Waals surface area contributed by atoms with E-state index in [2.05, 4.69) is 156 Å². The predicted octanol–water partition coefficient (Wildman–Crippen LogP) is 13.2. The normalized spacial score (nSPS) is 14.6. The van der Waals surface area contributed by atoms with Crippen LogP contribution in [0.3, 0.4) is 0 Å². The van der Waals surface area contributed by atoms with E-state index < -0.39 is 0 Å². The van der Waals surface area contributed by atoms with Gasteiger partial charge in [0.1, 0.15) is 0 Å². The quantitative estimate of drug-likeness (QED) is 0.211. The monoisotopic (exact) mass is 543 g/mol. The second-order valence-electron chi connectivity index (χ2n) is 14.1. The number of hydrogen-bond donors (Lipinski definition) is 0. The van der Waals surface area contributed by atoms with E-state index >= 15 is 0 Å². The van der Waals surface area contributed by atoms with Crippen molar-refractivity contribution < 1.29 is 0 Å². The third-order valence-electron chi connectivity index (χ3n) is 6.95. The standard InChI is InChI=1S/C11H20.2C10H20.C8H14/c1-8(2)7-11(9(3)4)10-5-6-10;1-7(2)9(5)10(6)8(3)4;1-6-10(9(4)5)7-8(2)3;1-7(2)5-6-8(3)4/h7-10H,5-6H2,1-4H3;7-8H,1-6H3;7-9H,6H2,1-5H3;7-8H,1-4H3/b11-7-;10-9+;10-7+;. The summed E-state index contributed by atoms with van der Waals surface area (Å²) in [5.41, 5.74) is 6.40. The largest absolute Gasteiger partial charge is 0.100 e. The molecule has 0 bridgehead atoms. The van der Waals surface area contributed by atoms with Crippen molar-refractivity contribution >= 4 is 0 Å². The lowest BCUT2D eigenvalue weighted by Crippen LogP contribution is -1.98. The van der Waals surface area contributed by atoms with Gasteiger partial charge in [-0.2, -0.15) is 0 Å². The van der Waals surface area contributed by atoms with Crippen LogP contribution in [-0.2, 0) is 0 Å². The van der Waals surface area contributed by atoms with Crippen LogP contribution < -0.4 is 0 Å². The van der Waals surface area contributed by atoms with Gasteiger partial charge >= 0.3 is 0 Å². The molecule has 230 valence electrons. The maximum absolute atomic E-state index is 3.09. The highest BCUT2D eigenvalue weighted by molar-refractivity contribution is 5.15. The van der Waals surface area contributed by atoms with E-state index in [0.717, 1.165) is 23.7 Å². The van der Waals surface area contributed by atoms with Crippen LogP contribution in [0.2, 0.25) is 0 Å². The van der Waals surface area contributed by atoms with E-state index in [0.29, 0.717) is 29.6 Å². The summed E-state index contributed by atoms with van der Waals surface area (Å²) in [6, 6.07) is 0. The van der Waals surface area contributed by atoms with E-state index in [1.54, 1.807) is 22.3 Å². The van der Waals surface area contributed by atoms with E-state index in [9.17, 15) is 0 Å². The molecule has 0 heterocycles. The van der Waals surface area contributed by atoms with Crippen molar-refractivity contribution in [2.75, 3.05) is 0 Å². The van der Waals surface area contributed by atoms with Crippen molar-refractivity contribution in [3.8, 4) is 11.8 Å². The van der Waals surface area contributed by atoms with E-state index in [1.165, 1.54) is 19.3 Å². The Kier molecular flexibility index (Phi) is 25.4. The van der Waals surface area contributed by atoms with Crippen molar-refractivity contribution in [2.24, 2.45) is 53.3 Å².